The van der Waals surface area contributed by atoms with Gasteiger partial charge in [-0.1, -0.05) is 30.3 Å². The molecule has 1 unspecified atom stereocenters. The predicted octanol–water partition coefficient (Wildman–Crippen LogP) is 1.45. The van der Waals surface area contributed by atoms with Crippen molar-refractivity contribution in [3.8, 4) is 0 Å². The highest BCUT2D eigenvalue weighted by Gasteiger charge is 2.61. The minimum absolute atomic E-state index is 0.378. The van der Waals surface area contributed by atoms with Gasteiger partial charge in [0, 0.05) is 5.56 Å². The summed E-state index contributed by atoms with van der Waals surface area (Å²) in [4.78, 5) is 11.2. The Balaban J connectivity index is 2.99. The number of Topliss-reactive ketones (excluding diaryl/α,β-unsaturated/α-hetero) is 1. The number of carbonyl (C=O) groups excluding carboxylic acids is 1. The van der Waals surface area contributed by atoms with Gasteiger partial charge >= 0.3 is 12.0 Å². The summed E-state index contributed by atoms with van der Waals surface area (Å²) in [6, 6.07) is 6.23. The van der Waals surface area contributed by atoms with Gasteiger partial charge in [0.05, 0.1) is 0 Å². The van der Waals surface area contributed by atoms with Gasteiger partial charge in [-0.25, -0.2) is 4.39 Å². The lowest BCUT2D eigenvalue weighted by molar-refractivity contribution is -0.362. The lowest BCUT2D eigenvalue weighted by Gasteiger charge is -2.26. The first-order valence-corrected chi connectivity index (χ1v) is 4.42. The summed E-state index contributed by atoms with van der Waals surface area (Å²) >= 11 is 0. The molecule has 0 heterocycles. The van der Waals surface area contributed by atoms with E-state index in [2.05, 4.69) is 0 Å². The quantitative estimate of drug-likeness (QED) is 0.486. The second-order valence-corrected chi connectivity index (χ2v) is 3.32. The maximum absolute atomic E-state index is 13.2. The van der Waals surface area contributed by atoms with Crippen molar-refractivity contribution in [2.24, 2.45) is 0 Å². The molecule has 1 atom stereocenters. The molecule has 0 aliphatic heterocycles. The lowest BCUT2D eigenvalue weighted by atomic mass is 10.0. The molecule has 0 aliphatic rings. The van der Waals surface area contributed by atoms with E-state index in [0.717, 1.165) is 12.1 Å². The summed E-state index contributed by atoms with van der Waals surface area (Å²) in [7, 11) is 0. The fourth-order valence-electron chi connectivity index (χ4n) is 1.08. The molecule has 0 spiro atoms. The molecule has 0 saturated carbocycles. The van der Waals surface area contributed by atoms with Gasteiger partial charge in [-0.15, -0.1) is 0 Å². The third-order valence-electron chi connectivity index (χ3n) is 2.06. The van der Waals surface area contributed by atoms with Gasteiger partial charge in [-0.2, -0.15) is 13.2 Å². The lowest BCUT2D eigenvalue weighted by Crippen LogP contribution is -2.55. The van der Waals surface area contributed by atoms with E-state index >= 15 is 0 Å². The van der Waals surface area contributed by atoms with Crippen LogP contribution in [0.25, 0.3) is 0 Å². The summed E-state index contributed by atoms with van der Waals surface area (Å²) in [5.41, 5.74) is -0.378. The molecule has 1 rings (SSSR count). The molecule has 0 saturated heterocycles. The number of hydrogen-bond donors (Lipinski definition) is 2. The van der Waals surface area contributed by atoms with Crippen LogP contribution in [-0.4, -0.2) is 34.1 Å². The van der Waals surface area contributed by atoms with Crippen LogP contribution in [0.15, 0.2) is 30.3 Å². The minimum Gasteiger partial charge on any atom is -0.356 e. The maximum atomic E-state index is 13.2. The number of halogens is 4. The Morgan fingerprint density at radius 3 is 2.00 bits per heavy atom. The molecule has 0 amide bonds. The molecule has 94 valence electrons. The molecular weight excluding hydrogens is 244 g/mol. The fraction of sp³-hybridized carbons (Fsp3) is 0.300. The topological polar surface area (TPSA) is 57.5 Å². The van der Waals surface area contributed by atoms with Crippen LogP contribution in [0.1, 0.15) is 10.4 Å². The van der Waals surface area contributed by atoms with Crippen LogP contribution in [0, 0.1) is 0 Å². The minimum atomic E-state index is -5.66. The molecule has 0 aromatic heterocycles. The van der Waals surface area contributed by atoms with E-state index < -0.39 is 23.9 Å². The predicted molar refractivity (Wildman–Crippen MR) is 48.9 cm³/mol. The Morgan fingerprint density at radius 2 is 1.59 bits per heavy atom. The van der Waals surface area contributed by atoms with Gasteiger partial charge in [0.25, 0.3) is 0 Å². The van der Waals surface area contributed by atoms with Gasteiger partial charge in [-0.3, -0.25) is 4.79 Å². The zero-order chi connectivity index (χ0) is 13.3. The molecular formula is C10H8F4O3. The normalized spacial score (nSPS) is 14.5. The smallest absolute Gasteiger partial charge is 0.356 e. The van der Waals surface area contributed by atoms with Crippen molar-refractivity contribution in [2.45, 2.75) is 18.1 Å². The molecule has 1 aromatic rings. The molecule has 3 nitrogen and oxygen atoms in total. The van der Waals surface area contributed by atoms with E-state index in [1.807, 2.05) is 0 Å². The number of rotatable bonds is 3. The number of hydrogen-bond acceptors (Lipinski definition) is 3. The van der Waals surface area contributed by atoms with Crippen molar-refractivity contribution in [1.82, 2.24) is 0 Å². The second-order valence-electron chi connectivity index (χ2n) is 3.32. The number of aliphatic hydroxyl groups is 2. The van der Waals surface area contributed by atoms with Crippen LogP contribution in [-0.2, 0) is 0 Å². The van der Waals surface area contributed by atoms with Crippen molar-refractivity contribution in [3.05, 3.63) is 35.9 Å². The molecule has 2 N–H and O–H groups in total. The zero-order valence-electron chi connectivity index (χ0n) is 8.28. The van der Waals surface area contributed by atoms with Gasteiger partial charge in [0.15, 0.2) is 0 Å². The Hall–Kier alpha value is -1.47. The fourth-order valence-corrected chi connectivity index (χ4v) is 1.08. The van der Waals surface area contributed by atoms with Crippen LogP contribution in [0.2, 0.25) is 0 Å². The highest BCUT2D eigenvalue weighted by molar-refractivity contribution is 6.00. The summed E-state index contributed by atoms with van der Waals surface area (Å²) in [6.45, 7) is 0. The molecule has 1 aromatic carbocycles. The summed E-state index contributed by atoms with van der Waals surface area (Å²) in [5.74, 6) is -6.34. The van der Waals surface area contributed by atoms with E-state index in [1.54, 1.807) is 0 Å². The first kappa shape index (κ1) is 13.6. The van der Waals surface area contributed by atoms with E-state index in [-0.39, 0.29) is 5.56 Å². The highest BCUT2D eigenvalue weighted by atomic mass is 19.4. The highest BCUT2D eigenvalue weighted by Crippen LogP contribution is 2.33. The van der Waals surface area contributed by atoms with Crippen LogP contribution in [0.3, 0.4) is 0 Å². The van der Waals surface area contributed by atoms with Crippen LogP contribution < -0.4 is 0 Å². The number of benzene rings is 1. The molecule has 0 radical (unpaired) electrons. The first-order valence-electron chi connectivity index (χ1n) is 4.42. The molecule has 0 fully saturated rings. The average molecular weight is 252 g/mol. The van der Waals surface area contributed by atoms with Gasteiger partial charge in [0.2, 0.25) is 12.0 Å². The first-order chi connectivity index (χ1) is 7.68. The van der Waals surface area contributed by atoms with Gasteiger partial charge < -0.3 is 10.2 Å². The van der Waals surface area contributed by atoms with Crippen LogP contribution in [0.4, 0.5) is 17.6 Å². The zero-order valence-corrected chi connectivity index (χ0v) is 8.28. The second kappa shape index (κ2) is 4.42. The Bertz CT molecular complexity index is 400. The van der Waals surface area contributed by atoms with E-state index in [1.165, 1.54) is 18.2 Å². The van der Waals surface area contributed by atoms with Gasteiger partial charge in [0.1, 0.15) is 0 Å². The maximum Gasteiger partial charge on any atom is 0.446 e. The third-order valence-corrected chi connectivity index (χ3v) is 2.06. The van der Waals surface area contributed by atoms with E-state index in [4.69, 9.17) is 10.2 Å². The van der Waals surface area contributed by atoms with Crippen LogP contribution >= 0.6 is 0 Å². The number of carbonyl (C=O) groups is 1. The summed E-state index contributed by atoms with van der Waals surface area (Å²) < 4.78 is 49.4. The SMILES string of the molecule is O=C(c1ccccc1)C(F)C(O)(O)C(F)(F)F. The van der Waals surface area contributed by atoms with Crippen molar-refractivity contribution in [3.63, 3.8) is 0 Å². The monoisotopic (exact) mass is 252 g/mol. The standard InChI is InChI=1S/C10H8F4O3/c11-8(9(16,17)10(12,13)14)7(15)6-4-2-1-3-5-6/h1-5,8,16-17H. The summed E-state index contributed by atoms with van der Waals surface area (Å²) in [6.07, 6.45) is -9.15. The van der Waals surface area contributed by atoms with Crippen molar-refractivity contribution >= 4 is 5.78 Å². The number of alkyl halides is 4. The molecule has 7 heteroatoms. The molecule has 0 aliphatic carbocycles. The third kappa shape index (κ3) is 2.62. The van der Waals surface area contributed by atoms with Gasteiger partial charge in [-0.05, 0) is 0 Å². The van der Waals surface area contributed by atoms with Crippen molar-refractivity contribution < 1.29 is 32.6 Å². The van der Waals surface area contributed by atoms with E-state index in [9.17, 15) is 22.4 Å². The van der Waals surface area contributed by atoms with E-state index in [0.29, 0.717) is 0 Å². The van der Waals surface area contributed by atoms with Crippen molar-refractivity contribution in [2.75, 3.05) is 0 Å². The average Bonchev–Trinajstić information content (AvgIpc) is 2.26. The largest absolute Gasteiger partial charge is 0.446 e. The van der Waals surface area contributed by atoms with Crippen molar-refractivity contribution in [1.29, 1.82) is 0 Å². The Morgan fingerprint density at radius 1 is 1.12 bits per heavy atom. The Labute approximate surface area is 93.3 Å². The molecule has 17 heavy (non-hydrogen) atoms. The van der Waals surface area contributed by atoms with Crippen LogP contribution in [0.5, 0.6) is 0 Å². The summed E-state index contributed by atoms with van der Waals surface area (Å²) in [5, 5.41) is 17.2. The molecule has 0 bridgehead atoms. The number of ketones is 1. The Kier molecular flexibility index (Phi) is 3.53.